The normalized spacial score (nSPS) is 25.9. The minimum atomic E-state index is 0.515. The fourth-order valence-corrected chi connectivity index (χ4v) is 2.65. The van der Waals surface area contributed by atoms with Crippen LogP contribution in [-0.4, -0.2) is 25.2 Å². The van der Waals surface area contributed by atoms with Gasteiger partial charge in [-0.05, 0) is 38.5 Å². The Labute approximate surface area is 103 Å². The van der Waals surface area contributed by atoms with Crippen molar-refractivity contribution in [2.24, 2.45) is 0 Å². The van der Waals surface area contributed by atoms with Gasteiger partial charge in [-0.2, -0.15) is 0 Å². The summed E-state index contributed by atoms with van der Waals surface area (Å²) in [5.41, 5.74) is 2.46. The average Bonchev–Trinajstić information content (AvgIpc) is 2.24. The second kappa shape index (κ2) is 4.64. The van der Waals surface area contributed by atoms with Crippen molar-refractivity contribution in [2.75, 3.05) is 18.0 Å². The van der Waals surface area contributed by atoms with Crippen LogP contribution in [-0.2, 0) is 0 Å². The first-order chi connectivity index (χ1) is 7.61. The van der Waals surface area contributed by atoms with Gasteiger partial charge in [0.15, 0.2) is 0 Å². The summed E-state index contributed by atoms with van der Waals surface area (Å²) < 4.78 is 0. The number of hydrogen-bond donors (Lipinski definition) is 1. The Kier molecular flexibility index (Phi) is 3.41. The summed E-state index contributed by atoms with van der Waals surface area (Å²) in [6.45, 7) is 8.68. The maximum absolute atomic E-state index is 6.19. The monoisotopic (exact) mass is 238 g/mol. The number of anilines is 1. The topological polar surface area (TPSA) is 15.3 Å². The van der Waals surface area contributed by atoms with E-state index >= 15 is 0 Å². The zero-order valence-electron chi connectivity index (χ0n) is 10.1. The van der Waals surface area contributed by atoms with E-state index in [1.165, 1.54) is 11.3 Å². The van der Waals surface area contributed by atoms with Crippen LogP contribution in [0.15, 0.2) is 18.2 Å². The van der Waals surface area contributed by atoms with Crippen molar-refractivity contribution in [3.05, 3.63) is 28.8 Å². The van der Waals surface area contributed by atoms with Gasteiger partial charge >= 0.3 is 0 Å². The molecule has 16 heavy (non-hydrogen) atoms. The summed E-state index contributed by atoms with van der Waals surface area (Å²) >= 11 is 6.19. The summed E-state index contributed by atoms with van der Waals surface area (Å²) in [6, 6.07) is 7.19. The van der Waals surface area contributed by atoms with Crippen molar-refractivity contribution in [1.82, 2.24) is 5.32 Å². The summed E-state index contributed by atoms with van der Waals surface area (Å²) in [5, 5.41) is 4.30. The standard InChI is InChI=1S/C13H19ClN2/c1-9-7-15-8-10(2)16(9)13-6-4-5-12(14)11(13)3/h4-6,9-10,15H,7-8H2,1-3H3/t9-,10+. The predicted molar refractivity (Wildman–Crippen MR) is 70.5 cm³/mol. The molecule has 0 spiro atoms. The predicted octanol–water partition coefficient (Wildman–Crippen LogP) is 2.84. The number of halogens is 1. The molecule has 0 bridgehead atoms. The van der Waals surface area contributed by atoms with Gasteiger partial charge in [-0.25, -0.2) is 0 Å². The largest absolute Gasteiger partial charge is 0.363 e. The molecule has 0 amide bonds. The average molecular weight is 239 g/mol. The summed E-state index contributed by atoms with van der Waals surface area (Å²) in [4.78, 5) is 2.47. The van der Waals surface area contributed by atoms with E-state index in [1.807, 2.05) is 12.1 Å². The van der Waals surface area contributed by atoms with Crippen LogP contribution in [0.5, 0.6) is 0 Å². The fraction of sp³-hybridized carbons (Fsp3) is 0.538. The molecule has 2 rings (SSSR count). The molecular formula is C13H19ClN2. The molecule has 1 N–H and O–H groups in total. The SMILES string of the molecule is Cc1c(Cl)cccc1N1[C@H](C)CNC[C@@H]1C. The third-order valence-corrected chi connectivity index (χ3v) is 3.76. The molecule has 88 valence electrons. The molecule has 1 aliphatic rings. The first-order valence-corrected chi connectivity index (χ1v) is 6.23. The minimum absolute atomic E-state index is 0.515. The van der Waals surface area contributed by atoms with Crippen molar-refractivity contribution in [3.63, 3.8) is 0 Å². The van der Waals surface area contributed by atoms with Crippen molar-refractivity contribution in [3.8, 4) is 0 Å². The van der Waals surface area contributed by atoms with Gasteiger partial charge in [0.2, 0.25) is 0 Å². The molecule has 1 aromatic rings. The number of nitrogens with one attached hydrogen (secondary N) is 1. The summed E-state index contributed by atoms with van der Waals surface area (Å²) in [6.07, 6.45) is 0. The number of nitrogens with zero attached hydrogens (tertiary/aromatic N) is 1. The molecule has 0 aliphatic carbocycles. The lowest BCUT2D eigenvalue weighted by atomic mass is 10.1. The molecule has 1 aromatic carbocycles. The van der Waals surface area contributed by atoms with Gasteiger partial charge in [-0.3, -0.25) is 0 Å². The highest BCUT2D eigenvalue weighted by Crippen LogP contribution is 2.30. The van der Waals surface area contributed by atoms with Crippen LogP contribution in [0, 0.1) is 6.92 Å². The summed E-state index contributed by atoms with van der Waals surface area (Å²) in [7, 11) is 0. The van der Waals surface area contributed by atoms with Crippen molar-refractivity contribution in [2.45, 2.75) is 32.9 Å². The Morgan fingerprint density at radius 3 is 2.50 bits per heavy atom. The lowest BCUT2D eigenvalue weighted by molar-refractivity contribution is 0.431. The van der Waals surface area contributed by atoms with E-state index in [4.69, 9.17) is 11.6 Å². The third kappa shape index (κ3) is 2.04. The molecule has 0 radical (unpaired) electrons. The van der Waals surface area contributed by atoms with Gasteiger partial charge in [0.05, 0.1) is 0 Å². The highest BCUT2D eigenvalue weighted by molar-refractivity contribution is 6.31. The van der Waals surface area contributed by atoms with E-state index < -0.39 is 0 Å². The zero-order chi connectivity index (χ0) is 11.7. The summed E-state index contributed by atoms with van der Waals surface area (Å²) in [5.74, 6) is 0. The molecule has 2 atom stereocenters. The van der Waals surface area contributed by atoms with E-state index in [2.05, 4.69) is 37.1 Å². The lowest BCUT2D eigenvalue weighted by Crippen LogP contribution is -2.55. The molecule has 0 aromatic heterocycles. The number of hydrogen-bond acceptors (Lipinski definition) is 2. The Hall–Kier alpha value is -0.730. The molecule has 1 heterocycles. The van der Waals surface area contributed by atoms with Crippen LogP contribution in [0.2, 0.25) is 5.02 Å². The zero-order valence-corrected chi connectivity index (χ0v) is 10.9. The van der Waals surface area contributed by atoms with Gasteiger partial charge in [-0.1, -0.05) is 17.7 Å². The second-order valence-corrected chi connectivity index (χ2v) is 5.05. The van der Waals surface area contributed by atoms with Crippen molar-refractivity contribution < 1.29 is 0 Å². The molecule has 1 fully saturated rings. The van der Waals surface area contributed by atoms with Gasteiger partial charge in [0.1, 0.15) is 0 Å². The third-order valence-electron chi connectivity index (χ3n) is 3.35. The van der Waals surface area contributed by atoms with E-state index in [0.29, 0.717) is 12.1 Å². The quantitative estimate of drug-likeness (QED) is 0.810. The van der Waals surface area contributed by atoms with E-state index in [0.717, 1.165) is 18.1 Å². The Morgan fingerprint density at radius 2 is 1.88 bits per heavy atom. The van der Waals surface area contributed by atoms with Crippen LogP contribution in [0.25, 0.3) is 0 Å². The molecule has 0 saturated carbocycles. The Balaban J connectivity index is 2.38. The molecule has 3 heteroatoms. The number of benzene rings is 1. The Bertz CT molecular complexity index is 368. The van der Waals surface area contributed by atoms with Gasteiger partial charge in [0, 0.05) is 35.9 Å². The van der Waals surface area contributed by atoms with Crippen LogP contribution in [0.1, 0.15) is 19.4 Å². The molecule has 0 unspecified atom stereocenters. The van der Waals surface area contributed by atoms with Gasteiger partial charge < -0.3 is 10.2 Å². The number of piperazine rings is 1. The second-order valence-electron chi connectivity index (χ2n) is 4.65. The molecule has 1 saturated heterocycles. The van der Waals surface area contributed by atoms with Gasteiger partial charge in [-0.15, -0.1) is 0 Å². The van der Waals surface area contributed by atoms with E-state index in [9.17, 15) is 0 Å². The van der Waals surface area contributed by atoms with E-state index in [1.54, 1.807) is 0 Å². The molecular weight excluding hydrogens is 220 g/mol. The fourth-order valence-electron chi connectivity index (χ4n) is 2.48. The molecule has 2 nitrogen and oxygen atoms in total. The van der Waals surface area contributed by atoms with Crippen LogP contribution >= 0.6 is 11.6 Å². The van der Waals surface area contributed by atoms with E-state index in [-0.39, 0.29) is 0 Å². The van der Waals surface area contributed by atoms with Crippen molar-refractivity contribution >= 4 is 17.3 Å². The Morgan fingerprint density at radius 1 is 1.25 bits per heavy atom. The maximum atomic E-state index is 6.19. The minimum Gasteiger partial charge on any atom is -0.363 e. The lowest BCUT2D eigenvalue weighted by Gasteiger charge is -2.42. The number of rotatable bonds is 1. The van der Waals surface area contributed by atoms with Crippen LogP contribution in [0.3, 0.4) is 0 Å². The van der Waals surface area contributed by atoms with Crippen LogP contribution < -0.4 is 10.2 Å². The highest BCUT2D eigenvalue weighted by atomic mass is 35.5. The van der Waals surface area contributed by atoms with Gasteiger partial charge in [0.25, 0.3) is 0 Å². The maximum Gasteiger partial charge on any atom is 0.0455 e. The van der Waals surface area contributed by atoms with Crippen LogP contribution in [0.4, 0.5) is 5.69 Å². The highest BCUT2D eigenvalue weighted by Gasteiger charge is 2.25. The smallest absolute Gasteiger partial charge is 0.0455 e. The van der Waals surface area contributed by atoms with Crippen molar-refractivity contribution in [1.29, 1.82) is 0 Å². The first kappa shape index (κ1) is 11.7. The first-order valence-electron chi connectivity index (χ1n) is 5.85. The molecule has 1 aliphatic heterocycles.